The van der Waals surface area contributed by atoms with E-state index in [0.29, 0.717) is 12.2 Å². The van der Waals surface area contributed by atoms with Crippen LogP contribution in [0.1, 0.15) is 12.0 Å². The van der Waals surface area contributed by atoms with Gasteiger partial charge in [0, 0.05) is 6.04 Å². The first-order valence-corrected chi connectivity index (χ1v) is 9.02. The second kappa shape index (κ2) is 7.45. The Labute approximate surface area is 134 Å². The van der Waals surface area contributed by atoms with E-state index in [2.05, 4.69) is 5.32 Å². The normalized spacial score (nSPS) is 19.1. The highest BCUT2D eigenvalue weighted by atomic mass is 32.2. The van der Waals surface area contributed by atoms with Gasteiger partial charge in [-0.1, -0.05) is 18.2 Å². The minimum absolute atomic E-state index is 0.0664. The second-order valence-electron chi connectivity index (χ2n) is 5.38. The van der Waals surface area contributed by atoms with E-state index in [-0.39, 0.29) is 18.1 Å². The van der Waals surface area contributed by atoms with Crippen LogP contribution in [0.3, 0.4) is 0 Å². The molecule has 126 valence electrons. The van der Waals surface area contributed by atoms with Gasteiger partial charge in [0.15, 0.2) is 23.1 Å². The van der Waals surface area contributed by atoms with Gasteiger partial charge in [-0.2, -0.15) is 0 Å². The molecule has 1 aromatic rings. The summed E-state index contributed by atoms with van der Waals surface area (Å²) in [5.41, 5.74) is 0.889. The number of nitrogens with one attached hydrogen (secondary N) is 1. The molecule has 2 rings (SSSR count). The second-order valence-corrected chi connectivity index (χ2v) is 7.61. The maximum Gasteiger partial charge on any atom is 0.344 e. The lowest BCUT2D eigenvalue weighted by molar-refractivity contribution is -0.150. The zero-order valence-electron chi connectivity index (χ0n) is 12.8. The molecule has 0 radical (unpaired) electrons. The van der Waals surface area contributed by atoms with Crippen molar-refractivity contribution >= 4 is 21.7 Å². The molecule has 1 aromatic carbocycles. The van der Waals surface area contributed by atoms with Crippen molar-refractivity contribution in [3.63, 3.8) is 0 Å². The predicted octanol–water partition coefficient (Wildman–Crippen LogP) is 0.220. The fraction of sp³-hybridized carbons (Fsp3) is 0.467. The van der Waals surface area contributed by atoms with Gasteiger partial charge in [-0.05, 0) is 25.0 Å². The molecule has 1 fully saturated rings. The van der Waals surface area contributed by atoms with Crippen LogP contribution in [0, 0.1) is 6.92 Å². The summed E-state index contributed by atoms with van der Waals surface area (Å²) in [4.78, 5) is 23.2. The number of carbonyl (C=O) groups is 2. The van der Waals surface area contributed by atoms with Crippen molar-refractivity contribution in [3.8, 4) is 5.75 Å². The molecule has 1 unspecified atom stereocenters. The number of hydrogen-bond donors (Lipinski definition) is 1. The third-order valence-electron chi connectivity index (χ3n) is 3.40. The summed E-state index contributed by atoms with van der Waals surface area (Å²) in [6.45, 7) is 1.10. The van der Waals surface area contributed by atoms with E-state index in [1.165, 1.54) is 0 Å². The molecule has 0 aromatic heterocycles. The maximum absolute atomic E-state index is 11.6. The SMILES string of the molecule is Cc1ccccc1OCC(=O)OCC(=O)NC1CCS(=O)(=O)C1. The number of hydrogen-bond acceptors (Lipinski definition) is 6. The van der Waals surface area contributed by atoms with Gasteiger partial charge in [-0.3, -0.25) is 4.79 Å². The average molecular weight is 341 g/mol. The van der Waals surface area contributed by atoms with Crippen molar-refractivity contribution in [2.24, 2.45) is 0 Å². The van der Waals surface area contributed by atoms with Crippen molar-refractivity contribution in [2.45, 2.75) is 19.4 Å². The van der Waals surface area contributed by atoms with Crippen molar-refractivity contribution in [2.75, 3.05) is 24.7 Å². The van der Waals surface area contributed by atoms with Crippen LogP contribution in [-0.2, 0) is 24.2 Å². The number of ether oxygens (including phenoxy) is 2. The molecule has 1 saturated heterocycles. The summed E-state index contributed by atoms with van der Waals surface area (Å²) in [5, 5.41) is 2.54. The summed E-state index contributed by atoms with van der Waals surface area (Å²) in [7, 11) is -3.06. The van der Waals surface area contributed by atoms with Gasteiger partial charge in [-0.25, -0.2) is 13.2 Å². The van der Waals surface area contributed by atoms with E-state index in [1.807, 2.05) is 19.1 Å². The minimum atomic E-state index is -3.06. The maximum atomic E-state index is 11.6. The zero-order chi connectivity index (χ0) is 16.9. The molecule has 0 bridgehead atoms. The van der Waals surface area contributed by atoms with Crippen LogP contribution in [0.5, 0.6) is 5.75 Å². The van der Waals surface area contributed by atoms with E-state index in [1.54, 1.807) is 12.1 Å². The number of sulfone groups is 1. The first-order chi connectivity index (χ1) is 10.9. The van der Waals surface area contributed by atoms with E-state index < -0.39 is 34.4 Å². The summed E-state index contributed by atoms with van der Waals surface area (Å²) in [6.07, 6.45) is 0.387. The standard InChI is InChI=1S/C15H19NO6S/c1-11-4-2-3-5-13(11)21-9-15(18)22-8-14(17)16-12-6-7-23(19,20)10-12/h2-5,12H,6-10H2,1H3,(H,16,17). The van der Waals surface area contributed by atoms with Crippen molar-refractivity contribution in [1.82, 2.24) is 5.32 Å². The molecule has 0 spiro atoms. The number of rotatable bonds is 6. The smallest absolute Gasteiger partial charge is 0.344 e. The predicted molar refractivity (Wildman–Crippen MR) is 82.8 cm³/mol. The molecule has 23 heavy (non-hydrogen) atoms. The van der Waals surface area contributed by atoms with Crippen molar-refractivity contribution < 1.29 is 27.5 Å². The van der Waals surface area contributed by atoms with Crippen molar-refractivity contribution in [3.05, 3.63) is 29.8 Å². The third-order valence-corrected chi connectivity index (χ3v) is 5.17. The first kappa shape index (κ1) is 17.3. The largest absolute Gasteiger partial charge is 0.482 e. The van der Waals surface area contributed by atoms with Gasteiger partial charge >= 0.3 is 5.97 Å². The van der Waals surface area contributed by atoms with E-state index in [4.69, 9.17) is 9.47 Å². The molecule has 1 aliphatic heterocycles. The quantitative estimate of drug-likeness (QED) is 0.743. The lowest BCUT2D eigenvalue weighted by Gasteiger charge is -2.11. The summed E-state index contributed by atoms with van der Waals surface area (Å²) in [6, 6.07) is 6.82. The van der Waals surface area contributed by atoms with Crippen LogP contribution in [-0.4, -0.2) is 51.1 Å². The molecule has 0 saturated carbocycles. The fourth-order valence-corrected chi connectivity index (χ4v) is 3.89. The van der Waals surface area contributed by atoms with Gasteiger partial charge in [-0.15, -0.1) is 0 Å². The molecular weight excluding hydrogens is 322 g/mol. The average Bonchev–Trinajstić information content (AvgIpc) is 2.83. The van der Waals surface area contributed by atoms with Gasteiger partial charge in [0.05, 0.1) is 11.5 Å². The highest BCUT2D eigenvalue weighted by molar-refractivity contribution is 7.91. The Morgan fingerprint density at radius 1 is 1.26 bits per heavy atom. The van der Waals surface area contributed by atoms with Gasteiger partial charge < -0.3 is 14.8 Å². The molecular formula is C15H19NO6S. The summed E-state index contributed by atoms with van der Waals surface area (Å²) in [5.74, 6) is -0.603. The third kappa shape index (κ3) is 5.55. The molecule has 0 aliphatic carbocycles. The number of carbonyl (C=O) groups excluding carboxylic acids is 2. The number of amides is 1. The van der Waals surface area contributed by atoms with Crippen LogP contribution < -0.4 is 10.1 Å². The fourth-order valence-electron chi connectivity index (χ4n) is 2.22. The first-order valence-electron chi connectivity index (χ1n) is 7.19. The Kier molecular flexibility index (Phi) is 5.59. The number of aryl methyl sites for hydroxylation is 1. The van der Waals surface area contributed by atoms with Gasteiger partial charge in [0.2, 0.25) is 0 Å². The van der Waals surface area contributed by atoms with Gasteiger partial charge in [0.25, 0.3) is 5.91 Å². The highest BCUT2D eigenvalue weighted by Gasteiger charge is 2.29. The van der Waals surface area contributed by atoms with Crippen LogP contribution in [0.15, 0.2) is 24.3 Å². The zero-order valence-corrected chi connectivity index (χ0v) is 13.6. The molecule has 8 heteroatoms. The van der Waals surface area contributed by atoms with Crippen LogP contribution in [0.4, 0.5) is 0 Å². The Morgan fingerprint density at radius 3 is 2.65 bits per heavy atom. The summed E-state index contributed by atoms with van der Waals surface area (Å²) >= 11 is 0. The van der Waals surface area contributed by atoms with Gasteiger partial charge in [0.1, 0.15) is 5.75 Å². The summed E-state index contributed by atoms with van der Waals surface area (Å²) < 4.78 is 32.7. The van der Waals surface area contributed by atoms with E-state index in [0.717, 1.165) is 5.56 Å². The molecule has 1 aliphatic rings. The van der Waals surface area contributed by atoms with Crippen LogP contribution in [0.25, 0.3) is 0 Å². The Bertz CT molecular complexity index is 685. The minimum Gasteiger partial charge on any atom is -0.482 e. The molecule has 7 nitrogen and oxygen atoms in total. The van der Waals surface area contributed by atoms with Crippen LogP contribution >= 0.6 is 0 Å². The lowest BCUT2D eigenvalue weighted by atomic mass is 10.2. The topological polar surface area (TPSA) is 98.8 Å². The molecule has 1 amide bonds. The van der Waals surface area contributed by atoms with Crippen LogP contribution in [0.2, 0.25) is 0 Å². The lowest BCUT2D eigenvalue weighted by Crippen LogP contribution is -2.38. The molecule has 1 atom stereocenters. The monoisotopic (exact) mass is 341 g/mol. The number of esters is 1. The number of para-hydroxylation sites is 1. The number of benzene rings is 1. The van der Waals surface area contributed by atoms with E-state index >= 15 is 0 Å². The van der Waals surface area contributed by atoms with Crippen molar-refractivity contribution in [1.29, 1.82) is 0 Å². The Morgan fingerprint density at radius 2 is 2.00 bits per heavy atom. The molecule has 1 heterocycles. The Hall–Kier alpha value is -2.09. The Balaban J connectivity index is 1.68. The molecule has 1 N–H and O–H groups in total. The highest BCUT2D eigenvalue weighted by Crippen LogP contribution is 2.15. The van der Waals surface area contributed by atoms with E-state index in [9.17, 15) is 18.0 Å².